The minimum atomic E-state index is -0.797. The highest BCUT2D eigenvalue weighted by molar-refractivity contribution is 9.10. The van der Waals surface area contributed by atoms with Crippen LogP contribution in [0.3, 0.4) is 0 Å². The molecule has 1 aromatic carbocycles. The third-order valence-electron chi connectivity index (χ3n) is 2.96. The predicted octanol–water partition coefficient (Wildman–Crippen LogP) is 2.59. The van der Waals surface area contributed by atoms with E-state index in [1.165, 1.54) is 0 Å². The lowest BCUT2D eigenvalue weighted by Crippen LogP contribution is -2.01. The molecule has 0 saturated carbocycles. The van der Waals surface area contributed by atoms with Gasteiger partial charge in [0.15, 0.2) is 0 Å². The summed E-state index contributed by atoms with van der Waals surface area (Å²) >= 11 is 3.45. The number of carboxylic acid groups (broad SMARTS) is 1. The molecule has 6 heteroatoms. The van der Waals surface area contributed by atoms with Crippen LogP contribution in [0.2, 0.25) is 0 Å². The number of carbonyl (C=O) groups is 1. The Balaban J connectivity index is 2.34. The summed E-state index contributed by atoms with van der Waals surface area (Å²) < 4.78 is 0.878. The van der Waals surface area contributed by atoms with Crippen molar-refractivity contribution in [3.63, 3.8) is 0 Å². The van der Waals surface area contributed by atoms with Gasteiger partial charge in [-0.25, -0.2) is 4.79 Å². The number of fused-ring (bicyclic) bond motifs is 1. The maximum atomic E-state index is 11.2. The van der Waals surface area contributed by atoms with Gasteiger partial charge in [0, 0.05) is 10.9 Å². The van der Waals surface area contributed by atoms with Crippen LogP contribution in [0, 0.1) is 0 Å². The van der Waals surface area contributed by atoms with E-state index >= 15 is 0 Å². The lowest BCUT2D eigenvalue weighted by Gasteiger charge is -2.12. The summed E-state index contributed by atoms with van der Waals surface area (Å²) in [6.45, 7) is 1.97. The standard InChI is InChI=1S/C12H13BrN2O3/c1-6(2-3-11(16)17)7-4-9-10(5-8(7)13)15-12(18)14-9/h4-6H,2-3H2,1H3,(H,16,17)(H2,14,15,18). The molecule has 5 nitrogen and oxygen atoms in total. The molecule has 1 heterocycles. The lowest BCUT2D eigenvalue weighted by molar-refractivity contribution is -0.137. The molecule has 0 bridgehead atoms. The normalized spacial score (nSPS) is 12.8. The van der Waals surface area contributed by atoms with Crippen LogP contribution in [0.15, 0.2) is 21.4 Å². The number of imidazole rings is 1. The minimum Gasteiger partial charge on any atom is -0.481 e. The largest absolute Gasteiger partial charge is 0.481 e. The maximum absolute atomic E-state index is 11.2. The van der Waals surface area contributed by atoms with E-state index in [9.17, 15) is 9.59 Å². The summed E-state index contributed by atoms with van der Waals surface area (Å²) in [4.78, 5) is 27.1. The zero-order chi connectivity index (χ0) is 13.3. The quantitative estimate of drug-likeness (QED) is 0.811. The Morgan fingerprint density at radius 1 is 1.39 bits per heavy atom. The van der Waals surface area contributed by atoms with E-state index in [4.69, 9.17) is 5.11 Å². The highest BCUT2D eigenvalue weighted by atomic mass is 79.9. The third kappa shape index (κ3) is 2.64. The molecule has 0 aliphatic heterocycles. The van der Waals surface area contributed by atoms with Gasteiger partial charge in [0.1, 0.15) is 0 Å². The lowest BCUT2D eigenvalue weighted by atomic mass is 9.96. The number of nitrogens with one attached hydrogen (secondary N) is 2. The van der Waals surface area contributed by atoms with E-state index < -0.39 is 5.97 Å². The molecule has 0 aliphatic rings. The van der Waals surface area contributed by atoms with E-state index in [0.29, 0.717) is 6.42 Å². The van der Waals surface area contributed by atoms with Crippen LogP contribution in [0.5, 0.6) is 0 Å². The van der Waals surface area contributed by atoms with Gasteiger partial charge >= 0.3 is 11.7 Å². The average molecular weight is 313 g/mol. The molecule has 1 unspecified atom stereocenters. The first-order valence-corrected chi connectivity index (χ1v) is 6.40. The van der Waals surface area contributed by atoms with Gasteiger partial charge in [-0.1, -0.05) is 22.9 Å². The van der Waals surface area contributed by atoms with Gasteiger partial charge in [0.05, 0.1) is 11.0 Å². The Morgan fingerprint density at radius 3 is 2.61 bits per heavy atom. The fourth-order valence-corrected chi connectivity index (χ4v) is 2.68. The van der Waals surface area contributed by atoms with Crippen molar-refractivity contribution in [2.24, 2.45) is 0 Å². The first-order chi connectivity index (χ1) is 8.47. The Bertz CT molecular complexity index is 644. The molecule has 0 amide bonds. The van der Waals surface area contributed by atoms with Crippen LogP contribution in [-0.4, -0.2) is 21.0 Å². The van der Waals surface area contributed by atoms with Crippen LogP contribution in [0.1, 0.15) is 31.2 Å². The Kier molecular flexibility index (Phi) is 3.56. The van der Waals surface area contributed by atoms with Crippen molar-refractivity contribution >= 4 is 32.9 Å². The third-order valence-corrected chi connectivity index (χ3v) is 3.64. The number of hydrogen-bond acceptors (Lipinski definition) is 2. The van der Waals surface area contributed by atoms with E-state index in [2.05, 4.69) is 25.9 Å². The summed E-state index contributed by atoms with van der Waals surface area (Å²) in [5.41, 5.74) is 2.23. The highest BCUT2D eigenvalue weighted by Crippen LogP contribution is 2.30. The fourth-order valence-electron chi connectivity index (χ4n) is 1.95. The molecule has 2 aromatic rings. The Hall–Kier alpha value is -1.56. The molecular weight excluding hydrogens is 300 g/mol. The molecule has 0 radical (unpaired) electrons. The Morgan fingerprint density at radius 2 is 2.00 bits per heavy atom. The first kappa shape index (κ1) is 12.9. The van der Waals surface area contributed by atoms with Gasteiger partial charge in [-0.05, 0) is 30.0 Å². The van der Waals surface area contributed by atoms with Crippen LogP contribution >= 0.6 is 15.9 Å². The topological polar surface area (TPSA) is 85.9 Å². The molecule has 2 rings (SSSR count). The van der Waals surface area contributed by atoms with E-state index in [-0.39, 0.29) is 18.0 Å². The smallest absolute Gasteiger partial charge is 0.323 e. The molecule has 1 aromatic heterocycles. The van der Waals surface area contributed by atoms with Crippen LogP contribution in [-0.2, 0) is 4.79 Å². The highest BCUT2D eigenvalue weighted by Gasteiger charge is 2.13. The number of aromatic nitrogens is 2. The molecular formula is C12H13BrN2O3. The number of carboxylic acids is 1. The summed E-state index contributed by atoms with van der Waals surface area (Å²) in [5, 5.41) is 8.69. The second-order valence-corrected chi connectivity index (χ2v) is 5.19. The molecule has 96 valence electrons. The Labute approximate surface area is 111 Å². The predicted molar refractivity (Wildman–Crippen MR) is 71.9 cm³/mol. The fraction of sp³-hybridized carbons (Fsp3) is 0.333. The van der Waals surface area contributed by atoms with Gasteiger partial charge in [-0.3, -0.25) is 4.79 Å². The number of H-pyrrole nitrogens is 2. The van der Waals surface area contributed by atoms with Gasteiger partial charge in [0.25, 0.3) is 0 Å². The number of hydrogen-bond donors (Lipinski definition) is 3. The van der Waals surface area contributed by atoms with Crippen molar-refractivity contribution in [3.8, 4) is 0 Å². The van der Waals surface area contributed by atoms with E-state index in [0.717, 1.165) is 21.1 Å². The van der Waals surface area contributed by atoms with E-state index in [1.807, 2.05) is 19.1 Å². The summed E-state index contributed by atoms with van der Waals surface area (Å²) in [5.74, 6) is -0.688. The van der Waals surface area contributed by atoms with Crippen molar-refractivity contribution in [3.05, 3.63) is 32.7 Å². The minimum absolute atomic E-state index is 0.110. The number of aromatic amines is 2. The molecule has 0 fully saturated rings. The van der Waals surface area contributed by atoms with Crippen molar-refractivity contribution in [2.75, 3.05) is 0 Å². The first-order valence-electron chi connectivity index (χ1n) is 5.60. The zero-order valence-electron chi connectivity index (χ0n) is 9.79. The number of benzene rings is 1. The van der Waals surface area contributed by atoms with Crippen molar-refractivity contribution in [1.82, 2.24) is 9.97 Å². The van der Waals surface area contributed by atoms with Crippen molar-refractivity contribution in [1.29, 1.82) is 0 Å². The maximum Gasteiger partial charge on any atom is 0.323 e. The summed E-state index contributed by atoms with van der Waals surface area (Å²) in [6, 6.07) is 3.71. The number of rotatable bonds is 4. The van der Waals surface area contributed by atoms with Gasteiger partial charge < -0.3 is 15.1 Å². The molecule has 18 heavy (non-hydrogen) atoms. The average Bonchev–Trinajstić information content (AvgIpc) is 2.64. The van der Waals surface area contributed by atoms with Gasteiger partial charge in [-0.2, -0.15) is 0 Å². The molecule has 3 N–H and O–H groups in total. The van der Waals surface area contributed by atoms with Crippen LogP contribution in [0.25, 0.3) is 11.0 Å². The SMILES string of the molecule is CC(CCC(=O)O)c1cc2[nH]c(=O)[nH]c2cc1Br. The second-order valence-electron chi connectivity index (χ2n) is 4.33. The monoisotopic (exact) mass is 312 g/mol. The zero-order valence-corrected chi connectivity index (χ0v) is 11.4. The van der Waals surface area contributed by atoms with Crippen LogP contribution < -0.4 is 5.69 Å². The molecule has 0 saturated heterocycles. The summed E-state index contributed by atoms with van der Waals surface area (Å²) in [7, 11) is 0. The molecule has 0 spiro atoms. The van der Waals surface area contributed by atoms with Gasteiger partial charge in [0.2, 0.25) is 0 Å². The van der Waals surface area contributed by atoms with Crippen molar-refractivity contribution < 1.29 is 9.90 Å². The number of halogens is 1. The van der Waals surface area contributed by atoms with Crippen molar-refractivity contribution in [2.45, 2.75) is 25.7 Å². The molecule has 0 aliphatic carbocycles. The van der Waals surface area contributed by atoms with Crippen LogP contribution in [0.4, 0.5) is 0 Å². The van der Waals surface area contributed by atoms with Gasteiger partial charge in [-0.15, -0.1) is 0 Å². The summed E-state index contributed by atoms with van der Waals surface area (Å²) in [6.07, 6.45) is 0.698. The second kappa shape index (κ2) is 4.97. The molecule has 1 atom stereocenters. The number of aliphatic carboxylic acids is 1. The van der Waals surface area contributed by atoms with E-state index in [1.54, 1.807) is 0 Å².